The summed E-state index contributed by atoms with van der Waals surface area (Å²) in [7, 11) is 0. The average molecular weight is 358 g/mol. The van der Waals surface area contributed by atoms with E-state index >= 15 is 0 Å². The molecule has 1 unspecified atom stereocenters. The van der Waals surface area contributed by atoms with E-state index in [1.165, 1.54) is 0 Å². The number of hydrogen-bond acceptors (Lipinski definition) is 4. The first kappa shape index (κ1) is 18.1. The maximum Gasteiger partial charge on any atom is 0.306 e. The van der Waals surface area contributed by atoms with Crippen LogP contribution < -0.4 is 5.32 Å². The van der Waals surface area contributed by atoms with Gasteiger partial charge in [0.05, 0.1) is 17.0 Å². The Bertz CT molecular complexity index is 738. The van der Waals surface area contributed by atoms with Gasteiger partial charge in [-0.05, 0) is 37.3 Å². The summed E-state index contributed by atoms with van der Waals surface area (Å²) in [6.45, 7) is 3.56. The lowest BCUT2D eigenvalue weighted by atomic mass is 10.0. The third-order valence-corrected chi connectivity index (χ3v) is 5.13. The lowest BCUT2D eigenvalue weighted by molar-refractivity contribution is -0.141. The lowest BCUT2D eigenvalue weighted by Crippen LogP contribution is -2.53. The van der Waals surface area contributed by atoms with Gasteiger partial charge in [0.1, 0.15) is 6.04 Å². The van der Waals surface area contributed by atoms with Crippen molar-refractivity contribution in [2.45, 2.75) is 45.2 Å². The van der Waals surface area contributed by atoms with Gasteiger partial charge < -0.3 is 10.4 Å². The second kappa shape index (κ2) is 6.90. The van der Waals surface area contributed by atoms with E-state index in [-0.39, 0.29) is 12.0 Å². The molecule has 2 N–H and O–H groups in total. The van der Waals surface area contributed by atoms with E-state index < -0.39 is 35.7 Å². The van der Waals surface area contributed by atoms with Crippen molar-refractivity contribution in [3.8, 4) is 0 Å². The molecule has 1 fully saturated rings. The standard InChI is InChI=1S/C19H22N2O5/c1-10(2)15(16(22)20-12-8-7-11(9-12)19(25)26)21-17(23)13-5-3-4-6-14(13)18(21)24/h3-6,10-12,15H,7-9H2,1-2H3,(H,20,22)(H,25,26)/t11-,12+,15?/m1/s1. The molecule has 1 aliphatic heterocycles. The Morgan fingerprint density at radius 3 is 2.15 bits per heavy atom. The molecule has 7 heteroatoms. The topological polar surface area (TPSA) is 104 Å². The van der Waals surface area contributed by atoms with Crippen molar-refractivity contribution >= 4 is 23.7 Å². The second-order valence-corrected chi connectivity index (χ2v) is 7.27. The molecule has 0 aromatic heterocycles. The highest BCUT2D eigenvalue weighted by Gasteiger charge is 2.44. The molecule has 0 saturated heterocycles. The van der Waals surface area contributed by atoms with Crippen LogP contribution in [0.15, 0.2) is 24.3 Å². The minimum atomic E-state index is -0.925. The van der Waals surface area contributed by atoms with E-state index in [1.54, 1.807) is 38.1 Å². The Balaban J connectivity index is 1.78. The summed E-state index contributed by atoms with van der Waals surface area (Å²) in [5.74, 6) is -2.93. The summed E-state index contributed by atoms with van der Waals surface area (Å²) >= 11 is 0. The van der Waals surface area contributed by atoms with Crippen LogP contribution in [0.4, 0.5) is 0 Å². The van der Waals surface area contributed by atoms with E-state index in [0.29, 0.717) is 30.4 Å². The molecule has 1 heterocycles. The fourth-order valence-corrected chi connectivity index (χ4v) is 3.80. The predicted molar refractivity (Wildman–Crippen MR) is 92.5 cm³/mol. The molecule has 1 aromatic carbocycles. The van der Waals surface area contributed by atoms with E-state index in [2.05, 4.69) is 5.32 Å². The van der Waals surface area contributed by atoms with Crippen molar-refractivity contribution < 1.29 is 24.3 Å². The highest BCUT2D eigenvalue weighted by atomic mass is 16.4. The zero-order valence-corrected chi connectivity index (χ0v) is 14.8. The fourth-order valence-electron chi connectivity index (χ4n) is 3.80. The van der Waals surface area contributed by atoms with Gasteiger partial charge in [-0.15, -0.1) is 0 Å². The molecule has 3 amide bonds. The SMILES string of the molecule is CC(C)C(C(=O)N[C@H]1CC[C@@H](C(=O)O)C1)N1C(=O)c2ccccc2C1=O. The molecule has 0 spiro atoms. The summed E-state index contributed by atoms with van der Waals surface area (Å²) in [6, 6.07) is 5.36. The number of carboxylic acid groups (broad SMARTS) is 1. The van der Waals surface area contributed by atoms with E-state index in [4.69, 9.17) is 5.11 Å². The Morgan fingerprint density at radius 2 is 1.69 bits per heavy atom. The lowest BCUT2D eigenvalue weighted by Gasteiger charge is -2.29. The number of nitrogens with one attached hydrogen (secondary N) is 1. The molecule has 1 aliphatic carbocycles. The van der Waals surface area contributed by atoms with E-state index in [0.717, 1.165) is 4.90 Å². The molecule has 7 nitrogen and oxygen atoms in total. The number of rotatable bonds is 5. The van der Waals surface area contributed by atoms with Gasteiger partial charge in [0.15, 0.2) is 0 Å². The third-order valence-electron chi connectivity index (χ3n) is 5.13. The summed E-state index contributed by atoms with van der Waals surface area (Å²) < 4.78 is 0. The maximum atomic E-state index is 12.8. The number of nitrogens with zero attached hydrogens (tertiary/aromatic N) is 1. The van der Waals surface area contributed by atoms with Gasteiger partial charge in [0.25, 0.3) is 11.8 Å². The molecule has 3 rings (SSSR count). The van der Waals surface area contributed by atoms with Crippen molar-refractivity contribution in [1.82, 2.24) is 10.2 Å². The van der Waals surface area contributed by atoms with Gasteiger partial charge in [-0.3, -0.25) is 24.1 Å². The quantitative estimate of drug-likeness (QED) is 0.780. The number of carbonyl (C=O) groups excluding carboxylic acids is 3. The summed E-state index contributed by atoms with van der Waals surface area (Å²) in [5, 5.41) is 11.9. The summed E-state index contributed by atoms with van der Waals surface area (Å²) in [5.41, 5.74) is 0.616. The first-order chi connectivity index (χ1) is 12.3. The smallest absolute Gasteiger partial charge is 0.306 e. The predicted octanol–water partition coefficient (Wildman–Crippen LogP) is 1.68. The molecule has 138 valence electrons. The molecular formula is C19H22N2O5. The van der Waals surface area contributed by atoms with E-state index in [1.807, 2.05) is 0 Å². The average Bonchev–Trinajstić information content (AvgIpc) is 3.14. The number of carbonyl (C=O) groups is 4. The van der Waals surface area contributed by atoms with Crippen molar-refractivity contribution in [3.63, 3.8) is 0 Å². The molecule has 3 atom stereocenters. The van der Waals surface area contributed by atoms with Crippen molar-refractivity contribution in [3.05, 3.63) is 35.4 Å². The second-order valence-electron chi connectivity index (χ2n) is 7.27. The molecule has 1 saturated carbocycles. The Kier molecular flexibility index (Phi) is 4.80. The number of hydrogen-bond donors (Lipinski definition) is 2. The van der Waals surface area contributed by atoms with Gasteiger partial charge in [0.2, 0.25) is 5.91 Å². The number of carboxylic acids is 1. The van der Waals surface area contributed by atoms with Crippen LogP contribution >= 0.6 is 0 Å². The van der Waals surface area contributed by atoms with Crippen LogP contribution in [-0.2, 0) is 9.59 Å². The van der Waals surface area contributed by atoms with Crippen LogP contribution in [0, 0.1) is 11.8 Å². The fraction of sp³-hybridized carbons (Fsp3) is 0.474. The van der Waals surface area contributed by atoms with Crippen LogP contribution in [0.1, 0.15) is 53.8 Å². The van der Waals surface area contributed by atoms with Gasteiger partial charge in [0, 0.05) is 6.04 Å². The van der Waals surface area contributed by atoms with Crippen LogP contribution in [-0.4, -0.2) is 45.8 Å². The molecule has 1 aromatic rings. The number of aliphatic carboxylic acids is 1. The maximum absolute atomic E-state index is 12.8. The Morgan fingerprint density at radius 1 is 1.12 bits per heavy atom. The highest BCUT2D eigenvalue weighted by Crippen LogP contribution is 2.29. The van der Waals surface area contributed by atoms with Gasteiger partial charge in [-0.1, -0.05) is 26.0 Å². The van der Waals surface area contributed by atoms with Gasteiger partial charge >= 0.3 is 5.97 Å². The molecular weight excluding hydrogens is 336 g/mol. The van der Waals surface area contributed by atoms with Crippen LogP contribution in [0.25, 0.3) is 0 Å². The van der Waals surface area contributed by atoms with E-state index in [9.17, 15) is 19.2 Å². The van der Waals surface area contributed by atoms with Gasteiger partial charge in [-0.25, -0.2) is 0 Å². The number of imide groups is 1. The molecule has 0 radical (unpaired) electrons. The molecule has 0 bridgehead atoms. The zero-order valence-electron chi connectivity index (χ0n) is 14.8. The molecule has 2 aliphatic rings. The Hall–Kier alpha value is -2.70. The van der Waals surface area contributed by atoms with Crippen molar-refractivity contribution in [1.29, 1.82) is 0 Å². The zero-order chi connectivity index (χ0) is 19.0. The van der Waals surface area contributed by atoms with Gasteiger partial charge in [-0.2, -0.15) is 0 Å². The van der Waals surface area contributed by atoms with Crippen molar-refractivity contribution in [2.75, 3.05) is 0 Å². The summed E-state index contributed by atoms with van der Waals surface area (Å²) in [6.07, 6.45) is 1.46. The first-order valence-electron chi connectivity index (χ1n) is 8.81. The third kappa shape index (κ3) is 3.09. The van der Waals surface area contributed by atoms with Crippen LogP contribution in [0.5, 0.6) is 0 Å². The first-order valence-corrected chi connectivity index (χ1v) is 8.81. The Labute approximate surface area is 151 Å². The minimum Gasteiger partial charge on any atom is -0.481 e. The number of benzene rings is 1. The summed E-state index contributed by atoms with van der Waals surface area (Å²) in [4.78, 5) is 50.3. The van der Waals surface area contributed by atoms with Crippen LogP contribution in [0.2, 0.25) is 0 Å². The monoisotopic (exact) mass is 358 g/mol. The minimum absolute atomic E-state index is 0.250. The normalized spacial score (nSPS) is 23.3. The molecule has 26 heavy (non-hydrogen) atoms. The number of amides is 3. The van der Waals surface area contributed by atoms with Crippen LogP contribution in [0.3, 0.4) is 0 Å². The number of fused-ring (bicyclic) bond motifs is 1. The highest BCUT2D eigenvalue weighted by molar-refractivity contribution is 6.22. The largest absolute Gasteiger partial charge is 0.481 e. The van der Waals surface area contributed by atoms with Crippen molar-refractivity contribution in [2.24, 2.45) is 11.8 Å².